The van der Waals surface area contributed by atoms with Gasteiger partial charge in [0.05, 0.1) is 31.2 Å². The third kappa shape index (κ3) is 4.78. The van der Waals surface area contributed by atoms with Crippen LogP contribution in [-0.4, -0.2) is 52.6 Å². The minimum Gasteiger partial charge on any atom is -0.395 e. The van der Waals surface area contributed by atoms with E-state index in [1.54, 1.807) is 20.8 Å². The Morgan fingerprint density at radius 3 is 2.56 bits per heavy atom. The Kier molecular flexibility index (Phi) is 6.89. The number of hydrogen-bond acceptors (Lipinski definition) is 5. The summed E-state index contributed by atoms with van der Waals surface area (Å²) in [5.41, 5.74) is -0.147. The van der Waals surface area contributed by atoms with Crippen molar-refractivity contribution in [3.05, 3.63) is 40.8 Å². The number of hydrogen-bond donors (Lipinski definition) is 3. The van der Waals surface area contributed by atoms with Gasteiger partial charge >= 0.3 is 6.03 Å². The van der Waals surface area contributed by atoms with Crippen molar-refractivity contribution in [2.75, 3.05) is 19.8 Å². The normalized spacial score (nSPS) is 14.6. The Hall–Kier alpha value is -2.92. The van der Waals surface area contributed by atoms with Crippen molar-refractivity contribution in [1.82, 2.24) is 20.4 Å². The van der Waals surface area contributed by atoms with Crippen molar-refractivity contribution in [3.63, 3.8) is 0 Å². The summed E-state index contributed by atoms with van der Waals surface area (Å²) in [5, 5.41) is 18.3. The average Bonchev–Trinajstić information content (AvgIpc) is 3.11. The highest BCUT2D eigenvalue weighted by Crippen LogP contribution is 2.32. The van der Waals surface area contributed by atoms with Crippen LogP contribution >= 0.6 is 0 Å². The first-order chi connectivity index (χ1) is 15.0. The first kappa shape index (κ1) is 23.7. The lowest BCUT2D eigenvalue weighted by Gasteiger charge is -2.30. The van der Waals surface area contributed by atoms with Crippen molar-refractivity contribution < 1.29 is 32.6 Å². The smallest absolute Gasteiger partial charge is 0.343 e. The summed E-state index contributed by atoms with van der Waals surface area (Å²) in [5.74, 6) is -4.08. The maximum Gasteiger partial charge on any atom is 0.343 e. The molecule has 1 aliphatic heterocycles. The number of carbonyl (C=O) groups is 2. The molecule has 32 heavy (non-hydrogen) atoms. The molecule has 0 radical (unpaired) electrons. The van der Waals surface area contributed by atoms with Crippen LogP contribution in [0.5, 0.6) is 0 Å². The van der Waals surface area contributed by atoms with Crippen LogP contribution in [0.1, 0.15) is 32.0 Å². The zero-order valence-electron chi connectivity index (χ0n) is 18.0. The molecule has 0 aliphatic carbocycles. The number of nitrogens with zero attached hydrogens (tertiary/aromatic N) is 2. The molecule has 1 atom stereocenters. The molecule has 1 aliphatic rings. The fourth-order valence-electron chi connectivity index (χ4n) is 3.47. The van der Waals surface area contributed by atoms with E-state index in [2.05, 4.69) is 15.7 Å². The van der Waals surface area contributed by atoms with Gasteiger partial charge in [-0.15, -0.1) is 0 Å². The van der Waals surface area contributed by atoms with E-state index in [9.17, 15) is 22.8 Å². The van der Waals surface area contributed by atoms with E-state index in [4.69, 9.17) is 9.84 Å². The van der Waals surface area contributed by atoms with Crippen molar-refractivity contribution >= 4 is 11.9 Å². The van der Waals surface area contributed by atoms with Crippen LogP contribution in [0.3, 0.4) is 0 Å². The Morgan fingerprint density at radius 2 is 1.91 bits per heavy atom. The number of amides is 2. The topological polar surface area (TPSA) is 105 Å². The Labute approximate surface area is 182 Å². The number of carbonyl (C=O) groups excluding carboxylic acids is 2. The molecule has 174 valence electrons. The van der Waals surface area contributed by atoms with E-state index in [-0.39, 0.29) is 44.0 Å². The van der Waals surface area contributed by atoms with Crippen LogP contribution in [0, 0.1) is 22.9 Å². The minimum atomic E-state index is -1.33. The molecule has 2 aromatic rings. The third-order valence-corrected chi connectivity index (χ3v) is 5.09. The van der Waals surface area contributed by atoms with Crippen LogP contribution < -0.4 is 10.6 Å². The fraction of sp³-hybridized carbons (Fsp3) is 0.476. The molecule has 0 fully saturated rings. The Bertz CT molecular complexity index is 1030. The number of rotatable bonds is 5. The second-order valence-corrected chi connectivity index (χ2v) is 8.50. The molecule has 3 N–H and O–H groups in total. The van der Waals surface area contributed by atoms with Crippen LogP contribution in [0.25, 0.3) is 11.3 Å². The molecule has 2 heterocycles. The van der Waals surface area contributed by atoms with Crippen molar-refractivity contribution in [1.29, 1.82) is 0 Å². The molecule has 0 spiro atoms. The molecule has 1 aromatic heterocycles. The fourth-order valence-corrected chi connectivity index (χ4v) is 3.47. The van der Waals surface area contributed by atoms with Gasteiger partial charge in [0, 0.05) is 23.7 Å². The number of fused-ring (bicyclic) bond motifs is 1. The molecule has 0 bridgehead atoms. The van der Waals surface area contributed by atoms with E-state index in [1.807, 2.05) is 0 Å². The number of ether oxygens (including phenoxy) is 1. The lowest BCUT2D eigenvalue weighted by atomic mass is 9.86. The van der Waals surface area contributed by atoms with Gasteiger partial charge < -0.3 is 20.5 Å². The molecule has 0 saturated carbocycles. The number of nitrogens with one attached hydrogen (secondary N) is 2. The quantitative estimate of drug-likeness (QED) is 0.601. The first-order valence-electron chi connectivity index (χ1n) is 10.1. The number of aliphatic hydroxyl groups is 1. The van der Waals surface area contributed by atoms with E-state index in [1.165, 1.54) is 0 Å². The summed E-state index contributed by atoms with van der Waals surface area (Å²) in [6.45, 7) is 5.29. The van der Waals surface area contributed by atoms with Crippen molar-refractivity contribution in [3.8, 4) is 11.3 Å². The molecule has 3 rings (SSSR count). The van der Waals surface area contributed by atoms with Crippen molar-refractivity contribution in [2.45, 2.75) is 39.8 Å². The zero-order chi connectivity index (χ0) is 23.6. The SMILES string of the molecule is CC(C)(C)C(NC(=O)n1nc(-c2cc(F)c(F)cc2F)c2c1COCC2)C(=O)NCCO. The summed E-state index contributed by atoms with van der Waals surface area (Å²) in [7, 11) is 0. The lowest BCUT2D eigenvalue weighted by Crippen LogP contribution is -2.55. The minimum absolute atomic E-state index is 0.00204. The molecule has 1 aromatic carbocycles. The highest BCUT2D eigenvalue weighted by Gasteiger charge is 2.35. The van der Waals surface area contributed by atoms with E-state index in [0.717, 1.165) is 4.68 Å². The van der Waals surface area contributed by atoms with E-state index >= 15 is 0 Å². The summed E-state index contributed by atoms with van der Waals surface area (Å²) in [6.07, 6.45) is 0.288. The molecule has 8 nitrogen and oxygen atoms in total. The van der Waals surface area contributed by atoms with Gasteiger partial charge in [-0.3, -0.25) is 4.79 Å². The van der Waals surface area contributed by atoms with E-state index in [0.29, 0.717) is 23.4 Å². The van der Waals surface area contributed by atoms with Gasteiger partial charge in [0.2, 0.25) is 5.91 Å². The van der Waals surface area contributed by atoms with Crippen molar-refractivity contribution in [2.24, 2.45) is 5.41 Å². The summed E-state index contributed by atoms with van der Waals surface area (Å²) >= 11 is 0. The molecule has 0 saturated heterocycles. The lowest BCUT2D eigenvalue weighted by molar-refractivity contribution is -0.125. The van der Waals surface area contributed by atoms with Gasteiger partial charge in [0.25, 0.3) is 0 Å². The van der Waals surface area contributed by atoms with Crippen LogP contribution in [0.4, 0.5) is 18.0 Å². The number of aromatic nitrogens is 2. The Morgan fingerprint density at radius 1 is 1.22 bits per heavy atom. The van der Waals surface area contributed by atoms with Crippen LogP contribution in [-0.2, 0) is 22.6 Å². The summed E-state index contributed by atoms with van der Waals surface area (Å²) < 4.78 is 48.0. The number of halogens is 3. The van der Waals surface area contributed by atoms with Gasteiger partial charge in [-0.1, -0.05) is 20.8 Å². The standard InChI is InChI=1S/C21H25F3N4O4/c1-21(2,3)18(19(30)25-5-6-29)26-20(31)28-16-10-32-7-4-11(16)17(27-28)12-8-14(23)15(24)9-13(12)22/h8-9,18,29H,4-7,10H2,1-3H3,(H,25,30)(H,26,31). The predicted molar refractivity (Wildman–Crippen MR) is 108 cm³/mol. The molecular weight excluding hydrogens is 429 g/mol. The average molecular weight is 454 g/mol. The van der Waals surface area contributed by atoms with Crippen LogP contribution in [0.2, 0.25) is 0 Å². The van der Waals surface area contributed by atoms with Gasteiger partial charge in [0.15, 0.2) is 11.6 Å². The number of aliphatic hydroxyl groups excluding tert-OH is 1. The second-order valence-electron chi connectivity index (χ2n) is 8.50. The maximum absolute atomic E-state index is 14.4. The summed E-state index contributed by atoms with van der Waals surface area (Å²) in [6, 6.07) is -0.614. The molecule has 1 unspecified atom stereocenters. The van der Waals surface area contributed by atoms with Gasteiger partial charge in [-0.2, -0.15) is 9.78 Å². The van der Waals surface area contributed by atoms with Gasteiger partial charge in [0.1, 0.15) is 11.9 Å². The monoisotopic (exact) mass is 454 g/mol. The Balaban J connectivity index is 2.00. The first-order valence-corrected chi connectivity index (χ1v) is 10.1. The second kappa shape index (κ2) is 9.29. The highest BCUT2D eigenvalue weighted by atomic mass is 19.2. The zero-order valence-corrected chi connectivity index (χ0v) is 18.0. The number of benzene rings is 1. The largest absolute Gasteiger partial charge is 0.395 e. The van der Waals surface area contributed by atoms with Crippen LogP contribution in [0.15, 0.2) is 12.1 Å². The summed E-state index contributed by atoms with van der Waals surface area (Å²) in [4.78, 5) is 25.6. The van der Waals surface area contributed by atoms with E-state index < -0.39 is 40.8 Å². The maximum atomic E-state index is 14.4. The predicted octanol–water partition coefficient (Wildman–Crippen LogP) is 2.12. The molecule has 2 amide bonds. The molecular formula is C21H25F3N4O4. The van der Waals surface area contributed by atoms with Gasteiger partial charge in [-0.05, 0) is 17.9 Å². The third-order valence-electron chi connectivity index (χ3n) is 5.09. The van der Waals surface area contributed by atoms with Gasteiger partial charge in [-0.25, -0.2) is 18.0 Å². The highest BCUT2D eigenvalue weighted by molar-refractivity contribution is 5.89. The molecule has 11 heteroatoms.